The summed E-state index contributed by atoms with van der Waals surface area (Å²) in [6, 6.07) is 2.29. The van der Waals surface area contributed by atoms with E-state index in [-0.39, 0.29) is 0 Å². The first-order valence-electron chi connectivity index (χ1n) is 6.41. The number of halogens is 3. The molecule has 1 aromatic heterocycles. The lowest BCUT2D eigenvalue weighted by molar-refractivity contribution is -0.202. The number of methoxy groups -OCH3 is 1. The monoisotopic (exact) mass is 349 g/mol. The number of amides is 1. The minimum absolute atomic E-state index is 0.536. The summed E-state index contributed by atoms with van der Waals surface area (Å²) in [6.07, 6.45) is -4.46. The molecule has 0 saturated heterocycles. The highest BCUT2D eigenvalue weighted by Crippen LogP contribution is 2.39. The van der Waals surface area contributed by atoms with E-state index in [9.17, 15) is 32.7 Å². The van der Waals surface area contributed by atoms with E-state index in [4.69, 9.17) is 0 Å². The highest BCUT2D eigenvalue weighted by atomic mass is 19.4. The fourth-order valence-corrected chi connectivity index (χ4v) is 2.13. The third-order valence-electron chi connectivity index (χ3n) is 3.05. The first-order chi connectivity index (χ1) is 11.0. The van der Waals surface area contributed by atoms with Gasteiger partial charge in [0.25, 0.3) is 11.4 Å². The van der Waals surface area contributed by atoms with Gasteiger partial charge in [0, 0.05) is 0 Å². The van der Waals surface area contributed by atoms with E-state index in [2.05, 4.69) is 9.15 Å². The molecule has 1 amide bonds. The molecule has 10 heteroatoms. The number of ketones is 1. The minimum atomic E-state index is -5.49. The van der Waals surface area contributed by atoms with E-state index in [0.29, 0.717) is 14.0 Å². The van der Waals surface area contributed by atoms with E-state index in [1.165, 1.54) is 11.4 Å². The van der Waals surface area contributed by atoms with Crippen LogP contribution in [-0.4, -0.2) is 41.6 Å². The Bertz CT molecular complexity index is 673. The Morgan fingerprint density at radius 2 is 1.83 bits per heavy atom. The van der Waals surface area contributed by atoms with Gasteiger partial charge in [-0.15, -0.1) is 0 Å². The number of hydrogen-bond donors (Lipinski definition) is 2. The van der Waals surface area contributed by atoms with Crippen LogP contribution in [0.4, 0.5) is 13.2 Å². The molecular formula is C14H14F3NO6. The predicted molar refractivity (Wildman–Crippen MR) is 73.0 cm³/mol. The van der Waals surface area contributed by atoms with Crippen LogP contribution in [0.3, 0.4) is 0 Å². The van der Waals surface area contributed by atoms with Crippen LogP contribution in [0.1, 0.15) is 24.4 Å². The number of aliphatic hydroxyl groups is 1. The molecule has 132 valence electrons. The molecular weight excluding hydrogens is 335 g/mol. The zero-order valence-electron chi connectivity index (χ0n) is 12.9. The second kappa shape index (κ2) is 6.77. The molecule has 24 heavy (non-hydrogen) atoms. The second-order valence-electron chi connectivity index (χ2n) is 4.69. The molecule has 0 aliphatic rings. The topological polar surface area (TPSA) is 106 Å². The number of Topliss-reactive ketones (excluding diaryl/α,β-unsaturated/α-hetero) is 1. The SMILES string of the molecule is COC(=O)[C@@](NC(=O)c1ccco1)(/C(C(C)=O)=C(/C)O)C(F)(F)F. The van der Waals surface area contributed by atoms with E-state index in [1.807, 2.05) is 0 Å². The number of carbonyl (C=O) groups excluding carboxylic acids is 3. The highest BCUT2D eigenvalue weighted by molar-refractivity contribution is 6.07. The number of rotatable bonds is 5. The van der Waals surface area contributed by atoms with Crippen LogP contribution in [0.15, 0.2) is 34.1 Å². The van der Waals surface area contributed by atoms with Crippen LogP contribution < -0.4 is 5.32 Å². The van der Waals surface area contributed by atoms with Gasteiger partial charge in [-0.3, -0.25) is 9.59 Å². The van der Waals surface area contributed by atoms with Gasteiger partial charge in [0.05, 0.1) is 24.7 Å². The molecule has 1 aromatic rings. The zero-order valence-corrected chi connectivity index (χ0v) is 12.9. The Kier molecular flexibility index (Phi) is 5.43. The molecule has 0 bridgehead atoms. The van der Waals surface area contributed by atoms with Crippen molar-refractivity contribution in [2.45, 2.75) is 25.6 Å². The third-order valence-corrected chi connectivity index (χ3v) is 3.05. The fourth-order valence-electron chi connectivity index (χ4n) is 2.13. The number of hydrogen-bond acceptors (Lipinski definition) is 6. The number of allylic oxidation sites excluding steroid dienone is 1. The van der Waals surface area contributed by atoms with Gasteiger partial charge >= 0.3 is 12.1 Å². The molecule has 0 aliphatic heterocycles. The quantitative estimate of drug-likeness (QED) is 0.478. The lowest BCUT2D eigenvalue weighted by atomic mass is 9.85. The number of ether oxygens (including phenoxy) is 1. The van der Waals surface area contributed by atoms with Crippen molar-refractivity contribution >= 4 is 17.7 Å². The van der Waals surface area contributed by atoms with Crippen molar-refractivity contribution in [3.8, 4) is 0 Å². The molecule has 0 spiro atoms. The number of nitrogens with one attached hydrogen (secondary N) is 1. The Morgan fingerprint density at radius 1 is 1.25 bits per heavy atom. The molecule has 0 aromatic carbocycles. The first kappa shape index (κ1) is 19.3. The molecule has 0 saturated carbocycles. The van der Waals surface area contributed by atoms with Crippen molar-refractivity contribution in [1.29, 1.82) is 0 Å². The Hall–Kier alpha value is -2.78. The van der Waals surface area contributed by atoms with Crippen molar-refractivity contribution in [3.05, 3.63) is 35.5 Å². The lowest BCUT2D eigenvalue weighted by Gasteiger charge is -2.34. The van der Waals surface area contributed by atoms with Gasteiger partial charge in [-0.25, -0.2) is 4.79 Å². The van der Waals surface area contributed by atoms with Crippen molar-refractivity contribution in [2.75, 3.05) is 7.11 Å². The van der Waals surface area contributed by atoms with E-state index >= 15 is 0 Å². The molecule has 0 aliphatic carbocycles. The fraction of sp³-hybridized carbons (Fsp3) is 0.357. The molecule has 0 fully saturated rings. The van der Waals surface area contributed by atoms with Gasteiger partial charge in [-0.1, -0.05) is 0 Å². The molecule has 7 nitrogen and oxygen atoms in total. The summed E-state index contributed by atoms with van der Waals surface area (Å²) in [5.41, 5.74) is -5.25. The van der Waals surface area contributed by atoms with Gasteiger partial charge in [0.1, 0.15) is 0 Å². The third kappa shape index (κ3) is 3.26. The normalized spacial score (nSPS) is 15.1. The number of aliphatic hydroxyl groups excluding tert-OH is 1. The standard InChI is InChI=1S/C14H14F3NO6/c1-7(19)10(8(2)20)13(12(22)23-3,14(15,16)17)18-11(21)9-5-4-6-24-9/h4-6,19H,1-3H3,(H,18,21)/b10-7-/t13-/m0/s1. The lowest BCUT2D eigenvalue weighted by Crippen LogP contribution is -2.66. The van der Waals surface area contributed by atoms with E-state index in [1.54, 1.807) is 0 Å². The summed E-state index contributed by atoms with van der Waals surface area (Å²) in [7, 11) is 0.645. The molecule has 1 atom stereocenters. The van der Waals surface area contributed by atoms with Gasteiger partial charge in [-0.05, 0) is 26.0 Å². The summed E-state index contributed by atoms with van der Waals surface area (Å²) in [5, 5.41) is 11.0. The van der Waals surface area contributed by atoms with Gasteiger partial charge in [-0.2, -0.15) is 13.2 Å². The summed E-state index contributed by atoms with van der Waals surface area (Å²) < 4.78 is 50.0. The van der Waals surface area contributed by atoms with Gasteiger partial charge in [0.2, 0.25) is 0 Å². The molecule has 1 rings (SSSR count). The summed E-state index contributed by atoms with van der Waals surface area (Å²) >= 11 is 0. The maximum Gasteiger partial charge on any atom is 0.427 e. The van der Waals surface area contributed by atoms with Crippen LogP contribution >= 0.6 is 0 Å². The average Bonchev–Trinajstić information content (AvgIpc) is 2.97. The largest absolute Gasteiger partial charge is 0.512 e. The van der Waals surface area contributed by atoms with Crippen LogP contribution in [-0.2, 0) is 14.3 Å². The van der Waals surface area contributed by atoms with Crippen LogP contribution in [0.2, 0.25) is 0 Å². The molecule has 1 heterocycles. The zero-order chi connectivity index (χ0) is 18.7. The summed E-state index contributed by atoms with van der Waals surface area (Å²) in [5.74, 6) is -6.33. The first-order valence-corrected chi connectivity index (χ1v) is 6.41. The second-order valence-corrected chi connectivity index (χ2v) is 4.69. The van der Waals surface area contributed by atoms with Crippen LogP contribution in [0, 0.1) is 0 Å². The maximum absolute atomic E-state index is 13.7. The smallest absolute Gasteiger partial charge is 0.427 e. The van der Waals surface area contributed by atoms with Gasteiger partial charge in [0.15, 0.2) is 11.5 Å². The minimum Gasteiger partial charge on any atom is -0.512 e. The molecule has 0 radical (unpaired) electrons. The number of carbonyl (C=O) groups is 3. The molecule has 0 unspecified atom stereocenters. The van der Waals surface area contributed by atoms with Crippen LogP contribution in [0.25, 0.3) is 0 Å². The van der Waals surface area contributed by atoms with Crippen molar-refractivity contribution in [1.82, 2.24) is 5.32 Å². The Morgan fingerprint density at radius 3 is 2.17 bits per heavy atom. The Labute approximate surface area is 134 Å². The highest BCUT2D eigenvalue weighted by Gasteiger charge is 2.67. The average molecular weight is 349 g/mol. The van der Waals surface area contributed by atoms with Gasteiger partial charge < -0.3 is 19.6 Å². The van der Waals surface area contributed by atoms with Crippen molar-refractivity contribution < 1.29 is 41.8 Å². The number of alkyl halides is 3. The summed E-state index contributed by atoms with van der Waals surface area (Å²) in [4.78, 5) is 35.6. The van der Waals surface area contributed by atoms with Crippen molar-refractivity contribution in [3.63, 3.8) is 0 Å². The number of furan rings is 1. The summed E-state index contributed by atoms with van der Waals surface area (Å²) in [6.45, 7) is 1.48. The van der Waals surface area contributed by atoms with Crippen LogP contribution in [0.5, 0.6) is 0 Å². The van der Waals surface area contributed by atoms with E-state index in [0.717, 1.165) is 19.3 Å². The number of esters is 1. The Balaban J connectivity index is 3.66. The maximum atomic E-state index is 13.7. The predicted octanol–water partition coefficient (Wildman–Crippen LogP) is 1.90. The molecule has 2 N–H and O–H groups in total. The van der Waals surface area contributed by atoms with E-state index < -0.39 is 46.5 Å². The van der Waals surface area contributed by atoms with Crippen molar-refractivity contribution in [2.24, 2.45) is 0 Å².